The Hall–Kier alpha value is -1.50. The molecule has 0 saturated carbocycles. The van der Waals surface area contributed by atoms with Gasteiger partial charge in [-0.3, -0.25) is 0 Å². The van der Waals surface area contributed by atoms with Gasteiger partial charge in [0.05, 0.1) is 0 Å². The van der Waals surface area contributed by atoms with Gasteiger partial charge in [0, 0.05) is 17.0 Å². The first-order valence-electron chi connectivity index (χ1n) is 6.91. The number of nitrogens with one attached hydrogen (secondary N) is 1. The SMILES string of the molecule is CC.CC.Cc1[nH]c(C)c(-c2ccccc2)c1C. The minimum atomic E-state index is 1.26. The van der Waals surface area contributed by atoms with E-state index < -0.39 is 0 Å². The number of benzene rings is 1. The molecule has 0 atom stereocenters. The summed E-state index contributed by atoms with van der Waals surface area (Å²) < 4.78 is 0. The third-order valence-corrected chi connectivity index (χ3v) is 2.75. The number of aryl methyl sites for hydroxylation is 2. The van der Waals surface area contributed by atoms with Gasteiger partial charge in [-0.05, 0) is 31.9 Å². The number of hydrogen-bond donors (Lipinski definition) is 1. The third kappa shape index (κ3) is 3.76. The number of hydrogen-bond acceptors (Lipinski definition) is 0. The largest absolute Gasteiger partial charge is 0.362 e. The monoisotopic (exact) mass is 245 g/mol. The molecule has 1 aromatic heterocycles. The average molecular weight is 245 g/mol. The van der Waals surface area contributed by atoms with Crippen molar-refractivity contribution in [2.24, 2.45) is 0 Å². The zero-order valence-electron chi connectivity index (χ0n) is 12.9. The molecule has 0 saturated heterocycles. The first-order valence-corrected chi connectivity index (χ1v) is 6.91. The Labute approximate surface area is 112 Å². The van der Waals surface area contributed by atoms with E-state index >= 15 is 0 Å². The van der Waals surface area contributed by atoms with Crippen LogP contribution in [0.5, 0.6) is 0 Å². The van der Waals surface area contributed by atoms with Crippen molar-refractivity contribution in [1.29, 1.82) is 0 Å². The summed E-state index contributed by atoms with van der Waals surface area (Å²) in [5.74, 6) is 0. The molecule has 1 heterocycles. The lowest BCUT2D eigenvalue weighted by molar-refractivity contribution is 1.18. The van der Waals surface area contributed by atoms with Gasteiger partial charge in [0.25, 0.3) is 0 Å². The Balaban J connectivity index is 0.000000659. The zero-order chi connectivity index (χ0) is 14.1. The van der Waals surface area contributed by atoms with Crippen LogP contribution in [0, 0.1) is 20.8 Å². The van der Waals surface area contributed by atoms with Crippen LogP contribution in [0.3, 0.4) is 0 Å². The molecule has 0 radical (unpaired) electrons. The van der Waals surface area contributed by atoms with Crippen molar-refractivity contribution >= 4 is 0 Å². The van der Waals surface area contributed by atoms with Crippen molar-refractivity contribution in [3.63, 3.8) is 0 Å². The van der Waals surface area contributed by atoms with E-state index in [0.29, 0.717) is 0 Å². The van der Waals surface area contributed by atoms with Gasteiger partial charge in [0.1, 0.15) is 0 Å². The molecule has 2 rings (SSSR count). The molecular formula is C17H27N. The van der Waals surface area contributed by atoms with Gasteiger partial charge in [-0.15, -0.1) is 0 Å². The molecule has 0 bridgehead atoms. The fourth-order valence-electron chi connectivity index (χ4n) is 1.94. The van der Waals surface area contributed by atoms with Gasteiger partial charge in [-0.2, -0.15) is 0 Å². The Kier molecular flexibility index (Phi) is 7.86. The molecule has 2 aromatic rings. The molecule has 1 heteroatoms. The number of aromatic amines is 1. The lowest BCUT2D eigenvalue weighted by atomic mass is 10.0. The van der Waals surface area contributed by atoms with E-state index in [0.717, 1.165) is 0 Å². The molecule has 100 valence electrons. The minimum Gasteiger partial charge on any atom is -0.362 e. The van der Waals surface area contributed by atoms with Gasteiger partial charge in [-0.1, -0.05) is 58.0 Å². The summed E-state index contributed by atoms with van der Waals surface area (Å²) in [5.41, 5.74) is 6.52. The van der Waals surface area contributed by atoms with E-state index in [-0.39, 0.29) is 0 Å². The summed E-state index contributed by atoms with van der Waals surface area (Å²) in [4.78, 5) is 3.37. The van der Waals surface area contributed by atoms with Crippen LogP contribution in [0.4, 0.5) is 0 Å². The highest BCUT2D eigenvalue weighted by Gasteiger charge is 2.09. The number of aromatic nitrogens is 1. The molecular weight excluding hydrogens is 218 g/mol. The Bertz CT molecular complexity index is 438. The molecule has 0 aliphatic heterocycles. The Morgan fingerprint density at radius 1 is 0.722 bits per heavy atom. The summed E-state index contributed by atoms with van der Waals surface area (Å²) in [6.45, 7) is 14.4. The van der Waals surface area contributed by atoms with Crippen LogP contribution in [-0.2, 0) is 0 Å². The van der Waals surface area contributed by atoms with E-state index in [1.807, 2.05) is 33.8 Å². The summed E-state index contributed by atoms with van der Waals surface area (Å²) in [7, 11) is 0. The highest BCUT2D eigenvalue weighted by molar-refractivity contribution is 5.70. The molecule has 18 heavy (non-hydrogen) atoms. The summed E-state index contributed by atoms with van der Waals surface area (Å²) in [6.07, 6.45) is 0. The van der Waals surface area contributed by atoms with Crippen LogP contribution in [0.2, 0.25) is 0 Å². The van der Waals surface area contributed by atoms with Crippen LogP contribution in [-0.4, -0.2) is 4.98 Å². The second-order valence-electron chi connectivity index (χ2n) is 3.74. The molecule has 0 aliphatic rings. The van der Waals surface area contributed by atoms with Crippen molar-refractivity contribution in [2.75, 3.05) is 0 Å². The molecule has 0 amide bonds. The highest BCUT2D eigenvalue weighted by Crippen LogP contribution is 2.28. The van der Waals surface area contributed by atoms with E-state index in [1.54, 1.807) is 0 Å². The first-order chi connectivity index (χ1) is 8.70. The van der Waals surface area contributed by atoms with Crippen LogP contribution < -0.4 is 0 Å². The van der Waals surface area contributed by atoms with E-state index in [9.17, 15) is 0 Å². The fourth-order valence-corrected chi connectivity index (χ4v) is 1.94. The highest BCUT2D eigenvalue weighted by atomic mass is 14.7. The summed E-state index contributed by atoms with van der Waals surface area (Å²) in [6, 6.07) is 10.5. The van der Waals surface area contributed by atoms with Gasteiger partial charge < -0.3 is 4.98 Å². The molecule has 0 fully saturated rings. The average Bonchev–Trinajstić information content (AvgIpc) is 2.69. The van der Waals surface area contributed by atoms with Crippen molar-refractivity contribution in [3.8, 4) is 11.1 Å². The van der Waals surface area contributed by atoms with E-state index in [2.05, 4.69) is 50.0 Å². The van der Waals surface area contributed by atoms with Crippen molar-refractivity contribution in [2.45, 2.75) is 48.5 Å². The van der Waals surface area contributed by atoms with Crippen LogP contribution >= 0.6 is 0 Å². The lowest BCUT2D eigenvalue weighted by Crippen LogP contribution is -1.80. The Morgan fingerprint density at radius 2 is 1.22 bits per heavy atom. The van der Waals surface area contributed by atoms with Crippen LogP contribution in [0.25, 0.3) is 11.1 Å². The van der Waals surface area contributed by atoms with Gasteiger partial charge >= 0.3 is 0 Å². The second-order valence-corrected chi connectivity index (χ2v) is 3.74. The number of rotatable bonds is 1. The standard InChI is InChI=1S/C13H15N.2C2H6/c1-9-10(2)14-11(3)13(9)12-7-5-4-6-8-12;2*1-2/h4-8,14H,1-3H3;2*1-2H3. The summed E-state index contributed by atoms with van der Waals surface area (Å²) in [5, 5.41) is 0. The number of H-pyrrole nitrogens is 1. The minimum absolute atomic E-state index is 1.26. The third-order valence-electron chi connectivity index (χ3n) is 2.75. The molecule has 0 spiro atoms. The molecule has 0 aliphatic carbocycles. The molecule has 1 aromatic carbocycles. The van der Waals surface area contributed by atoms with Crippen LogP contribution in [0.1, 0.15) is 44.6 Å². The van der Waals surface area contributed by atoms with E-state index in [1.165, 1.54) is 28.1 Å². The smallest absolute Gasteiger partial charge is 0.0200 e. The van der Waals surface area contributed by atoms with E-state index in [4.69, 9.17) is 0 Å². The zero-order valence-corrected chi connectivity index (χ0v) is 12.9. The van der Waals surface area contributed by atoms with Gasteiger partial charge in [-0.25, -0.2) is 0 Å². The van der Waals surface area contributed by atoms with Gasteiger partial charge in [0.15, 0.2) is 0 Å². The summed E-state index contributed by atoms with van der Waals surface area (Å²) >= 11 is 0. The van der Waals surface area contributed by atoms with Crippen molar-refractivity contribution in [1.82, 2.24) is 4.98 Å². The topological polar surface area (TPSA) is 15.8 Å². The maximum Gasteiger partial charge on any atom is 0.0200 e. The van der Waals surface area contributed by atoms with Gasteiger partial charge in [0.2, 0.25) is 0 Å². The maximum atomic E-state index is 3.37. The first kappa shape index (κ1) is 16.5. The van der Waals surface area contributed by atoms with Crippen molar-refractivity contribution < 1.29 is 0 Å². The molecule has 1 nitrogen and oxygen atoms in total. The predicted octanol–water partition coefficient (Wildman–Crippen LogP) is 5.66. The van der Waals surface area contributed by atoms with Crippen molar-refractivity contribution in [3.05, 3.63) is 47.3 Å². The lowest BCUT2D eigenvalue weighted by Gasteiger charge is -2.01. The quantitative estimate of drug-likeness (QED) is 0.667. The predicted molar refractivity (Wildman–Crippen MR) is 83.1 cm³/mol. The molecule has 0 unspecified atom stereocenters. The maximum absolute atomic E-state index is 3.37. The second kappa shape index (κ2) is 8.57. The normalized spacial score (nSPS) is 8.83. The Morgan fingerprint density at radius 3 is 1.61 bits per heavy atom. The molecule has 1 N–H and O–H groups in total. The van der Waals surface area contributed by atoms with Crippen LogP contribution in [0.15, 0.2) is 30.3 Å². The fraction of sp³-hybridized carbons (Fsp3) is 0.412.